The number of Topliss-reactive ketones (excluding diaryl/α,β-unsaturated/α-hetero) is 2. The molecule has 0 saturated carbocycles. The van der Waals surface area contributed by atoms with E-state index < -0.39 is 5.25 Å². The molecule has 3 rings (SSSR count). The Morgan fingerprint density at radius 1 is 1.19 bits per heavy atom. The van der Waals surface area contributed by atoms with Crippen LogP contribution in [0, 0.1) is 0 Å². The molecule has 0 amide bonds. The number of nitrogens with zero attached hydrogens (tertiary/aromatic N) is 1. The standard InChI is InChI=1S/C16H15NO2S2/c1-9(18)15(10(2)19)21-16-17-14-12-6-4-3-5-11(12)7-8-13(14)20-16/h3-6,15H,7-8H2,1-2H3. The molecule has 1 aliphatic carbocycles. The summed E-state index contributed by atoms with van der Waals surface area (Å²) in [6, 6.07) is 8.30. The molecule has 1 aromatic heterocycles. The maximum atomic E-state index is 11.6. The molecule has 0 saturated heterocycles. The van der Waals surface area contributed by atoms with E-state index in [1.54, 1.807) is 11.3 Å². The van der Waals surface area contributed by atoms with Crippen molar-refractivity contribution >= 4 is 34.7 Å². The molecule has 1 heterocycles. The molecule has 1 aromatic carbocycles. The number of benzene rings is 1. The summed E-state index contributed by atoms with van der Waals surface area (Å²) in [5.74, 6) is -0.220. The van der Waals surface area contributed by atoms with Gasteiger partial charge in [0.1, 0.15) is 5.25 Å². The van der Waals surface area contributed by atoms with E-state index in [4.69, 9.17) is 0 Å². The summed E-state index contributed by atoms with van der Waals surface area (Å²) in [5.41, 5.74) is 3.53. The fourth-order valence-corrected chi connectivity index (χ4v) is 4.80. The van der Waals surface area contributed by atoms with Crippen LogP contribution >= 0.6 is 23.1 Å². The number of carbonyl (C=O) groups is 2. The molecule has 1 aliphatic rings. The van der Waals surface area contributed by atoms with E-state index in [9.17, 15) is 9.59 Å². The lowest BCUT2D eigenvalue weighted by molar-refractivity contribution is -0.123. The van der Waals surface area contributed by atoms with E-state index >= 15 is 0 Å². The van der Waals surface area contributed by atoms with Crippen LogP contribution in [0.3, 0.4) is 0 Å². The lowest BCUT2D eigenvalue weighted by Gasteiger charge is -2.13. The van der Waals surface area contributed by atoms with E-state index in [2.05, 4.69) is 17.1 Å². The summed E-state index contributed by atoms with van der Waals surface area (Å²) in [6.45, 7) is 2.92. The topological polar surface area (TPSA) is 47.0 Å². The number of hydrogen-bond donors (Lipinski definition) is 0. The predicted octanol–water partition coefficient (Wildman–Crippen LogP) is 3.55. The first-order chi connectivity index (χ1) is 10.1. The van der Waals surface area contributed by atoms with Crippen molar-refractivity contribution in [1.29, 1.82) is 0 Å². The van der Waals surface area contributed by atoms with Gasteiger partial charge in [0.15, 0.2) is 15.9 Å². The Labute approximate surface area is 131 Å². The maximum absolute atomic E-state index is 11.6. The highest BCUT2D eigenvalue weighted by Gasteiger charge is 2.25. The summed E-state index contributed by atoms with van der Waals surface area (Å²) in [7, 11) is 0. The molecular formula is C16H15NO2S2. The van der Waals surface area contributed by atoms with Crippen molar-refractivity contribution in [2.24, 2.45) is 0 Å². The van der Waals surface area contributed by atoms with Gasteiger partial charge in [0.25, 0.3) is 0 Å². The molecule has 0 spiro atoms. The van der Waals surface area contributed by atoms with Crippen LogP contribution in [0.1, 0.15) is 24.3 Å². The van der Waals surface area contributed by atoms with Crippen molar-refractivity contribution in [1.82, 2.24) is 4.98 Å². The van der Waals surface area contributed by atoms with Gasteiger partial charge in [0, 0.05) is 10.4 Å². The largest absolute Gasteiger partial charge is 0.298 e. The van der Waals surface area contributed by atoms with Crippen LogP contribution in [-0.2, 0) is 22.4 Å². The van der Waals surface area contributed by atoms with Crippen molar-refractivity contribution in [2.45, 2.75) is 36.3 Å². The Hall–Kier alpha value is -1.46. The van der Waals surface area contributed by atoms with Crippen LogP contribution in [-0.4, -0.2) is 21.8 Å². The molecule has 0 N–H and O–H groups in total. The van der Waals surface area contributed by atoms with Gasteiger partial charge in [-0.1, -0.05) is 36.0 Å². The zero-order valence-corrected chi connectivity index (χ0v) is 13.5. The number of hydrogen-bond acceptors (Lipinski definition) is 5. The molecular weight excluding hydrogens is 302 g/mol. The van der Waals surface area contributed by atoms with Gasteiger partial charge in [-0.05, 0) is 32.3 Å². The fraction of sp³-hybridized carbons (Fsp3) is 0.312. The SMILES string of the molecule is CC(=O)C(Sc1nc2c(s1)CCc1ccccc1-2)C(C)=O. The predicted molar refractivity (Wildman–Crippen MR) is 86.0 cm³/mol. The quantitative estimate of drug-likeness (QED) is 0.639. The second kappa shape index (κ2) is 5.73. The number of rotatable bonds is 4. The molecule has 21 heavy (non-hydrogen) atoms. The first-order valence-electron chi connectivity index (χ1n) is 6.82. The molecule has 0 bridgehead atoms. The molecule has 3 nitrogen and oxygen atoms in total. The molecule has 0 atom stereocenters. The van der Waals surface area contributed by atoms with E-state index in [-0.39, 0.29) is 11.6 Å². The minimum absolute atomic E-state index is 0.110. The van der Waals surface area contributed by atoms with E-state index in [0.29, 0.717) is 0 Å². The van der Waals surface area contributed by atoms with Crippen LogP contribution in [0.2, 0.25) is 0 Å². The van der Waals surface area contributed by atoms with Crippen molar-refractivity contribution in [3.63, 3.8) is 0 Å². The smallest absolute Gasteiger partial charge is 0.151 e. The summed E-state index contributed by atoms with van der Waals surface area (Å²) >= 11 is 2.89. The number of thioether (sulfide) groups is 1. The number of aryl methyl sites for hydroxylation is 2. The van der Waals surface area contributed by atoms with Gasteiger partial charge in [0.05, 0.1) is 5.69 Å². The number of aromatic nitrogens is 1. The van der Waals surface area contributed by atoms with Crippen LogP contribution in [0.15, 0.2) is 28.6 Å². The van der Waals surface area contributed by atoms with Gasteiger partial charge < -0.3 is 0 Å². The van der Waals surface area contributed by atoms with Crippen molar-refractivity contribution < 1.29 is 9.59 Å². The van der Waals surface area contributed by atoms with Crippen molar-refractivity contribution in [3.05, 3.63) is 34.7 Å². The van der Waals surface area contributed by atoms with Crippen LogP contribution in [0.4, 0.5) is 0 Å². The zero-order chi connectivity index (χ0) is 15.0. The van der Waals surface area contributed by atoms with Gasteiger partial charge in [-0.3, -0.25) is 9.59 Å². The number of ketones is 2. The summed E-state index contributed by atoms with van der Waals surface area (Å²) < 4.78 is 0.812. The second-order valence-electron chi connectivity index (χ2n) is 5.13. The van der Waals surface area contributed by atoms with Crippen molar-refractivity contribution in [3.8, 4) is 11.3 Å². The molecule has 0 fully saturated rings. The average molecular weight is 317 g/mol. The monoisotopic (exact) mass is 317 g/mol. The van der Waals surface area contributed by atoms with Crippen LogP contribution in [0.25, 0.3) is 11.3 Å². The van der Waals surface area contributed by atoms with Crippen LogP contribution < -0.4 is 0 Å². The highest BCUT2D eigenvalue weighted by atomic mass is 32.2. The number of thiazole rings is 1. The highest BCUT2D eigenvalue weighted by molar-refractivity contribution is 8.03. The third kappa shape index (κ3) is 2.80. The number of fused-ring (bicyclic) bond motifs is 3. The summed E-state index contributed by atoms with van der Waals surface area (Å²) in [6.07, 6.45) is 2.01. The molecule has 0 unspecified atom stereocenters. The van der Waals surface area contributed by atoms with Gasteiger partial charge in [0.2, 0.25) is 0 Å². The normalized spacial score (nSPS) is 12.9. The Morgan fingerprint density at radius 3 is 2.62 bits per heavy atom. The van der Waals surface area contributed by atoms with Crippen molar-refractivity contribution in [2.75, 3.05) is 0 Å². The lowest BCUT2D eigenvalue weighted by Crippen LogP contribution is -2.21. The van der Waals surface area contributed by atoms with Gasteiger partial charge in [-0.15, -0.1) is 11.3 Å². The van der Waals surface area contributed by atoms with Gasteiger partial charge in [-0.25, -0.2) is 4.98 Å². The molecule has 5 heteroatoms. The third-order valence-corrected chi connectivity index (χ3v) is 6.17. The number of carbonyl (C=O) groups excluding carboxylic acids is 2. The average Bonchev–Trinajstić information content (AvgIpc) is 2.87. The second-order valence-corrected chi connectivity index (χ2v) is 7.56. The minimum Gasteiger partial charge on any atom is -0.298 e. The Bertz CT molecular complexity index is 707. The molecule has 0 aliphatic heterocycles. The minimum atomic E-state index is -0.632. The Morgan fingerprint density at radius 2 is 1.90 bits per heavy atom. The van der Waals surface area contributed by atoms with E-state index in [1.165, 1.54) is 41.6 Å². The highest BCUT2D eigenvalue weighted by Crippen LogP contribution is 2.40. The third-order valence-electron chi connectivity index (χ3n) is 3.53. The van der Waals surface area contributed by atoms with E-state index in [1.807, 2.05) is 12.1 Å². The summed E-state index contributed by atoms with van der Waals surface area (Å²) in [4.78, 5) is 29.1. The van der Waals surface area contributed by atoms with Gasteiger partial charge in [-0.2, -0.15) is 0 Å². The first kappa shape index (κ1) is 14.5. The first-order valence-corrected chi connectivity index (χ1v) is 8.51. The summed E-state index contributed by atoms with van der Waals surface area (Å²) in [5, 5.41) is -0.632. The zero-order valence-electron chi connectivity index (χ0n) is 11.9. The Balaban J connectivity index is 1.94. The van der Waals surface area contributed by atoms with Gasteiger partial charge >= 0.3 is 0 Å². The molecule has 108 valence electrons. The van der Waals surface area contributed by atoms with E-state index in [0.717, 1.165) is 22.9 Å². The fourth-order valence-electron chi connectivity index (χ4n) is 2.53. The van der Waals surface area contributed by atoms with Crippen LogP contribution in [0.5, 0.6) is 0 Å². The molecule has 0 radical (unpaired) electrons. The maximum Gasteiger partial charge on any atom is 0.151 e. The lowest BCUT2D eigenvalue weighted by atomic mass is 9.94. The molecule has 2 aromatic rings. The Kier molecular flexibility index (Phi) is 3.95.